The van der Waals surface area contributed by atoms with E-state index < -0.39 is 34.9 Å². The molecule has 0 atom stereocenters. The summed E-state index contributed by atoms with van der Waals surface area (Å²) in [6.45, 7) is 3.63. The summed E-state index contributed by atoms with van der Waals surface area (Å²) in [5.74, 6) is -3.94. The third-order valence-electron chi connectivity index (χ3n) is 4.09. The summed E-state index contributed by atoms with van der Waals surface area (Å²) in [7, 11) is 0. The average molecular weight is 378 g/mol. The van der Waals surface area contributed by atoms with E-state index in [4.69, 9.17) is 0 Å². The molecule has 1 nitrogen and oxygen atoms in total. The highest BCUT2D eigenvalue weighted by Crippen LogP contribution is 2.37. The molecular weight excluding hydrogens is 363 g/mol. The van der Waals surface area contributed by atoms with Crippen LogP contribution in [0.15, 0.2) is 54.6 Å². The first-order chi connectivity index (χ1) is 12.7. The third kappa shape index (κ3) is 3.94. The van der Waals surface area contributed by atoms with Crippen molar-refractivity contribution in [2.75, 3.05) is 0 Å². The van der Waals surface area contributed by atoms with Crippen molar-refractivity contribution in [3.8, 4) is 16.9 Å². The largest absolute Gasteiger partial charge is 0.432 e. The van der Waals surface area contributed by atoms with Gasteiger partial charge in [0, 0.05) is 0 Å². The van der Waals surface area contributed by atoms with E-state index in [0.717, 1.165) is 47.5 Å². The summed E-state index contributed by atoms with van der Waals surface area (Å²) < 4.78 is 74.8. The molecule has 0 spiro atoms. The van der Waals surface area contributed by atoms with Crippen LogP contribution in [0, 0.1) is 31.3 Å². The number of hydrogen-bond donors (Lipinski definition) is 0. The Morgan fingerprint density at radius 2 is 1.37 bits per heavy atom. The van der Waals surface area contributed by atoms with Gasteiger partial charge < -0.3 is 4.74 Å². The van der Waals surface area contributed by atoms with Gasteiger partial charge in [0.25, 0.3) is 0 Å². The predicted molar refractivity (Wildman–Crippen MR) is 92.2 cm³/mol. The zero-order valence-electron chi connectivity index (χ0n) is 14.5. The highest BCUT2D eigenvalue weighted by molar-refractivity contribution is 5.68. The van der Waals surface area contributed by atoms with E-state index in [-0.39, 0.29) is 5.56 Å². The van der Waals surface area contributed by atoms with Crippen LogP contribution in [0.5, 0.6) is 5.75 Å². The summed E-state index contributed by atoms with van der Waals surface area (Å²) in [6, 6.07) is 10.7. The average Bonchev–Trinajstić information content (AvgIpc) is 2.55. The molecule has 0 saturated heterocycles. The first kappa shape index (κ1) is 18.9. The van der Waals surface area contributed by atoms with Gasteiger partial charge in [0.05, 0.1) is 0 Å². The van der Waals surface area contributed by atoms with Crippen molar-refractivity contribution in [3.05, 3.63) is 88.7 Å². The molecule has 0 aliphatic rings. The minimum absolute atomic E-state index is 0.142. The van der Waals surface area contributed by atoms with Crippen molar-refractivity contribution in [3.63, 3.8) is 0 Å². The molecule has 0 unspecified atom stereocenters. The normalized spacial score (nSPS) is 11.5. The van der Waals surface area contributed by atoms with Crippen molar-refractivity contribution in [2.24, 2.45) is 0 Å². The molecule has 27 heavy (non-hydrogen) atoms. The summed E-state index contributed by atoms with van der Waals surface area (Å²) in [4.78, 5) is 0. The topological polar surface area (TPSA) is 9.23 Å². The van der Waals surface area contributed by atoms with Crippen LogP contribution in [0.1, 0.15) is 16.7 Å². The molecule has 140 valence electrons. The van der Waals surface area contributed by atoms with Gasteiger partial charge in [-0.3, -0.25) is 0 Å². The summed E-state index contributed by atoms with van der Waals surface area (Å²) in [6.07, 6.45) is -4.27. The van der Waals surface area contributed by atoms with Crippen molar-refractivity contribution in [1.82, 2.24) is 0 Å². The standard InChI is InChI=1S/C21H15F5O/c1-12-3-8-17(13(2)9-12)14-10-18(23)20(19(24)11-14)21(25,26)27-16-6-4-15(22)5-7-16/h3-11H,1-2H3. The first-order valence-corrected chi connectivity index (χ1v) is 8.07. The Morgan fingerprint density at radius 3 is 1.93 bits per heavy atom. The molecule has 0 radical (unpaired) electrons. The van der Waals surface area contributed by atoms with Crippen LogP contribution in [0.2, 0.25) is 0 Å². The van der Waals surface area contributed by atoms with Crippen LogP contribution < -0.4 is 4.74 Å². The maximum atomic E-state index is 14.4. The van der Waals surface area contributed by atoms with Crippen LogP contribution in [-0.2, 0) is 6.11 Å². The molecule has 3 aromatic carbocycles. The Bertz CT molecular complexity index is 957. The Morgan fingerprint density at radius 1 is 0.778 bits per heavy atom. The second-order valence-electron chi connectivity index (χ2n) is 6.21. The zero-order valence-corrected chi connectivity index (χ0v) is 14.5. The SMILES string of the molecule is Cc1ccc(-c2cc(F)c(C(F)(F)Oc3ccc(F)cc3)c(F)c2)c(C)c1. The monoisotopic (exact) mass is 378 g/mol. The molecule has 0 amide bonds. The minimum Gasteiger partial charge on any atom is -0.429 e. The van der Waals surface area contributed by atoms with E-state index in [2.05, 4.69) is 4.74 Å². The lowest BCUT2D eigenvalue weighted by Gasteiger charge is -2.20. The molecule has 0 aliphatic heterocycles. The van der Waals surface area contributed by atoms with Crippen molar-refractivity contribution in [2.45, 2.75) is 20.0 Å². The summed E-state index contributed by atoms with van der Waals surface area (Å²) in [5, 5.41) is 0. The quantitative estimate of drug-likeness (QED) is 0.470. The zero-order chi connectivity index (χ0) is 19.8. The van der Waals surface area contributed by atoms with Gasteiger partial charge in [0.15, 0.2) is 0 Å². The lowest BCUT2D eigenvalue weighted by Crippen LogP contribution is -2.25. The van der Waals surface area contributed by atoms with Crippen molar-refractivity contribution < 1.29 is 26.7 Å². The molecule has 0 N–H and O–H groups in total. The van der Waals surface area contributed by atoms with E-state index >= 15 is 0 Å². The van der Waals surface area contributed by atoms with Crippen molar-refractivity contribution in [1.29, 1.82) is 0 Å². The van der Waals surface area contributed by atoms with Gasteiger partial charge in [-0.2, -0.15) is 8.78 Å². The van der Waals surface area contributed by atoms with E-state index in [1.807, 2.05) is 13.0 Å². The lowest BCUT2D eigenvalue weighted by atomic mass is 9.97. The van der Waals surface area contributed by atoms with Crippen molar-refractivity contribution >= 4 is 0 Å². The number of aryl methyl sites for hydroxylation is 2. The Kier molecular flexibility index (Phi) is 4.91. The van der Waals surface area contributed by atoms with Gasteiger partial charge in [0.2, 0.25) is 0 Å². The first-order valence-electron chi connectivity index (χ1n) is 8.07. The number of halogens is 5. The lowest BCUT2D eigenvalue weighted by molar-refractivity contribution is -0.189. The Labute approximate surface area is 153 Å². The van der Waals surface area contributed by atoms with E-state index in [0.29, 0.717) is 5.56 Å². The summed E-state index contributed by atoms with van der Waals surface area (Å²) in [5.41, 5.74) is 0.904. The Balaban J connectivity index is 2.00. The molecule has 3 aromatic rings. The third-order valence-corrected chi connectivity index (χ3v) is 4.09. The van der Waals surface area contributed by atoms with Crippen LogP contribution >= 0.6 is 0 Å². The molecule has 0 heterocycles. The fraction of sp³-hybridized carbons (Fsp3) is 0.143. The van der Waals surface area contributed by atoms with E-state index in [1.165, 1.54) is 0 Å². The fourth-order valence-electron chi connectivity index (χ4n) is 2.85. The number of ether oxygens (including phenoxy) is 1. The van der Waals surface area contributed by atoms with E-state index in [9.17, 15) is 22.0 Å². The maximum absolute atomic E-state index is 14.4. The van der Waals surface area contributed by atoms with Gasteiger partial charge in [-0.05, 0) is 66.9 Å². The van der Waals surface area contributed by atoms with Gasteiger partial charge in [-0.15, -0.1) is 0 Å². The summed E-state index contributed by atoms with van der Waals surface area (Å²) >= 11 is 0. The van der Waals surface area contributed by atoms with Crippen LogP contribution in [0.3, 0.4) is 0 Å². The molecule has 0 fully saturated rings. The second-order valence-corrected chi connectivity index (χ2v) is 6.21. The maximum Gasteiger partial charge on any atom is 0.432 e. The number of hydrogen-bond acceptors (Lipinski definition) is 1. The second kappa shape index (κ2) is 7.02. The van der Waals surface area contributed by atoms with Gasteiger partial charge in [0.1, 0.15) is 28.8 Å². The highest BCUT2D eigenvalue weighted by Gasteiger charge is 2.41. The molecule has 3 rings (SSSR count). The minimum atomic E-state index is -4.27. The van der Waals surface area contributed by atoms with E-state index in [1.54, 1.807) is 19.1 Å². The molecule has 6 heteroatoms. The number of benzene rings is 3. The molecule has 0 aliphatic carbocycles. The van der Waals surface area contributed by atoms with Gasteiger partial charge in [-0.25, -0.2) is 13.2 Å². The van der Waals surface area contributed by atoms with Crippen LogP contribution in [0.25, 0.3) is 11.1 Å². The molecule has 0 bridgehead atoms. The van der Waals surface area contributed by atoms with Gasteiger partial charge >= 0.3 is 6.11 Å². The number of rotatable bonds is 4. The fourth-order valence-corrected chi connectivity index (χ4v) is 2.85. The van der Waals surface area contributed by atoms with Crippen LogP contribution in [0.4, 0.5) is 22.0 Å². The Hall–Kier alpha value is -2.89. The number of alkyl halides is 2. The van der Waals surface area contributed by atoms with Crippen LogP contribution in [-0.4, -0.2) is 0 Å². The molecule has 0 aromatic heterocycles. The smallest absolute Gasteiger partial charge is 0.429 e. The predicted octanol–water partition coefficient (Wildman–Crippen LogP) is 6.52. The van der Waals surface area contributed by atoms with Gasteiger partial charge in [-0.1, -0.05) is 23.8 Å². The highest BCUT2D eigenvalue weighted by atomic mass is 19.3. The molecule has 0 saturated carbocycles. The molecular formula is C21H15F5O.